The predicted octanol–water partition coefficient (Wildman–Crippen LogP) is 2.11. The molecule has 1 aliphatic carbocycles. The Morgan fingerprint density at radius 1 is 0.938 bits per heavy atom. The maximum Gasteiger partial charge on any atom is 0.00220 e. The van der Waals surface area contributed by atoms with Gasteiger partial charge in [0.05, 0.1) is 0 Å². The van der Waals surface area contributed by atoms with Crippen molar-refractivity contribution in [3.05, 3.63) is 0 Å². The van der Waals surface area contributed by atoms with Crippen LogP contribution >= 0.6 is 0 Å². The fraction of sp³-hybridized carbons (Fsp3) is 1.00. The molecule has 0 spiro atoms. The van der Waals surface area contributed by atoms with Crippen molar-refractivity contribution in [3.63, 3.8) is 0 Å². The highest BCUT2D eigenvalue weighted by atomic mass is 15.2. The van der Waals surface area contributed by atoms with Crippen LogP contribution < -0.4 is 5.32 Å². The van der Waals surface area contributed by atoms with Crippen LogP contribution in [0.2, 0.25) is 0 Å². The Labute approximate surface area is 99.8 Å². The molecule has 2 heterocycles. The van der Waals surface area contributed by atoms with Gasteiger partial charge in [-0.05, 0) is 56.5 Å². The average Bonchev–Trinajstić information content (AvgIpc) is 2.72. The number of fused-ring (bicyclic) bond motifs is 1. The van der Waals surface area contributed by atoms with E-state index < -0.39 is 0 Å². The van der Waals surface area contributed by atoms with Gasteiger partial charge in [0.25, 0.3) is 0 Å². The fourth-order valence-electron chi connectivity index (χ4n) is 4.10. The lowest BCUT2D eigenvalue weighted by molar-refractivity contribution is 0.235. The molecule has 0 radical (unpaired) electrons. The lowest BCUT2D eigenvalue weighted by Gasteiger charge is -2.27. The molecule has 2 saturated heterocycles. The molecule has 3 fully saturated rings. The Balaban J connectivity index is 1.49. The molecule has 2 nitrogen and oxygen atoms in total. The normalized spacial score (nSPS) is 40.9. The summed E-state index contributed by atoms with van der Waals surface area (Å²) in [7, 11) is 0. The summed E-state index contributed by atoms with van der Waals surface area (Å²) in [5, 5.41) is 3.54. The molecule has 3 atom stereocenters. The summed E-state index contributed by atoms with van der Waals surface area (Å²) >= 11 is 0. The summed E-state index contributed by atoms with van der Waals surface area (Å²) in [6, 6.07) is 0. The zero-order valence-corrected chi connectivity index (χ0v) is 10.5. The van der Waals surface area contributed by atoms with Crippen molar-refractivity contribution < 1.29 is 0 Å². The van der Waals surface area contributed by atoms with E-state index in [2.05, 4.69) is 10.2 Å². The summed E-state index contributed by atoms with van der Waals surface area (Å²) in [4.78, 5) is 2.78. The number of nitrogens with one attached hydrogen (secondary N) is 1. The monoisotopic (exact) mass is 222 g/mol. The molecule has 16 heavy (non-hydrogen) atoms. The van der Waals surface area contributed by atoms with E-state index in [0.29, 0.717) is 0 Å². The first kappa shape index (κ1) is 11.0. The van der Waals surface area contributed by atoms with Crippen molar-refractivity contribution in [1.29, 1.82) is 0 Å². The molecule has 2 heteroatoms. The third kappa shape index (κ3) is 2.43. The smallest absolute Gasteiger partial charge is 0.00220 e. The van der Waals surface area contributed by atoms with Gasteiger partial charge in [-0.25, -0.2) is 0 Å². The van der Waals surface area contributed by atoms with Crippen LogP contribution in [0.5, 0.6) is 0 Å². The molecule has 0 amide bonds. The molecule has 1 unspecified atom stereocenters. The van der Waals surface area contributed by atoms with Crippen LogP contribution in [0, 0.1) is 17.8 Å². The second-order valence-corrected chi connectivity index (χ2v) is 6.24. The molecule has 92 valence electrons. The first-order valence-corrected chi connectivity index (χ1v) is 7.35. The summed E-state index contributed by atoms with van der Waals surface area (Å²) in [6.07, 6.45) is 8.89. The molecule has 2 aliphatic heterocycles. The van der Waals surface area contributed by atoms with Gasteiger partial charge in [-0.15, -0.1) is 0 Å². The molecule has 3 aliphatic rings. The third-order valence-electron chi connectivity index (χ3n) is 4.97. The van der Waals surface area contributed by atoms with Crippen LogP contribution in [0.3, 0.4) is 0 Å². The number of rotatable bonds is 2. The number of nitrogens with zero attached hydrogens (tertiary/aromatic N) is 1. The van der Waals surface area contributed by atoms with E-state index in [1.165, 1.54) is 71.2 Å². The Morgan fingerprint density at radius 2 is 1.69 bits per heavy atom. The highest BCUT2D eigenvalue weighted by Crippen LogP contribution is 2.36. The van der Waals surface area contributed by atoms with E-state index in [0.717, 1.165) is 17.8 Å². The zero-order valence-electron chi connectivity index (χ0n) is 10.5. The van der Waals surface area contributed by atoms with Crippen LogP contribution in [0.25, 0.3) is 0 Å². The second-order valence-electron chi connectivity index (χ2n) is 6.24. The van der Waals surface area contributed by atoms with Gasteiger partial charge in [-0.1, -0.05) is 12.8 Å². The first-order chi connectivity index (χ1) is 7.92. The number of likely N-dealkylation sites (tertiary alicyclic amines) is 1. The van der Waals surface area contributed by atoms with E-state index in [1.807, 2.05) is 0 Å². The molecule has 3 rings (SSSR count). The maximum absolute atomic E-state index is 3.54. The number of hydrogen-bond donors (Lipinski definition) is 1. The topological polar surface area (TPSA) is 15.3 Å². The molecule has 0 aromatic rings. The highest BCUT2D eigenvalue weighted by molar-refractivity contribution is 4.88. The minimum atomic E-state index is 0.939. The van der Waals surface area contributed by atoms with Gasteiger partial charge in [0.2, 0.25) is 0 Å². The van der Waals surface area contributed by atoms with Gasteiger partial charge in [0.15, 0.2) is 0 Å². The van der Waals surface area contributed by atoms with Crippen molar-refractivity contribution >= 4 is 0 Å². The molecule has 1 N–H and O–H groups in total. The van der Waals surface area contributed by atoms with E-state index >= 15 is 0 Å². The minimum Gasteiger partial charge on any atom is -0.316 e. The van der Waals surface area contributed by atoms with Crippen LogP contribution in [-0.4, -0.2) is 37.6 Å². The van der Waals surface area contributed by atoms with E-state index in [-0.39, 0.29) is 0 Å². The first-order valence-electron chi connectivity index (χ1n) is 7.35. The van der Waals surface area contributed by atoms with E-state index in [4.69, 9.17) is 0 Å². The summed E-state index contributed by atoms with van der Waals surface area (Å²) in [5.74, 6) is 3.06. The van der Waals surface area contributed by atoms with Crippen molar-refractivity contribution in [2.75, 3.05) is 32.7 Å². The van der Waals surface area contributed by atoms with Crippen LogP contribution in [-0.2, 0) is 0 Å². The predicted molar refractivity (Wildman–Crippen MR) is 67.5 cm³/mol. The molecular formula is C14H26N2. The summed E-state index contributed by atoms with van der Waals surface area (Å²) < 4.78 is 0. The van der Waals surface area contributed by atoms with E-state index in [9.17, 15) is 0 Å². The Hall–Kier alpha value is -0.0800. The standard InChI is InChI=1S/C14H26N2/c1-2-6-14-11-16(10-13(14)5-1)9-12-4-3-7-15-8-12/h12-15H,1-11H2/t12?,13-,14+. The molecule has 0 aromatic heterocycles. The number of hydrogen-bond acceptors (Lipinski definition) is 2. The summed E-state index contributed by atoms with van der Waals surface area (Å²) in [6.45, 7) is 6.73. The lowest BCUT2D eigenvalue weighted by Crippen LogP contribution is -2.37. The Bertz CT molecular complexity index is 209. The highest BCUT2D eigenvalue weighted by Gasteiger charge is 2.34. The Kier molecular flexibility index (Phi) is 3.49. The van der Waals surface area contributed by atoms with Crippen LogP contribution in [0.4, 0.5) is 0 Å². The lowest BCUT2D eigenvalue weighted by atomic mass is 9.82. The van der Waals surface area contributed by atoms with Gasteiger partial charge in [-0.2, -0.15) is 0 Å². The van der Waals surface area contributed by atoms with Gasteiger partial charge in [-0.3, -0.25) is 0 Å². The van der Waals surface area contributed by atoms with Gasteiger partial charge in [0, 0.05) is 19.6 Å². The third-order valence-corrected chi connectivity index (χ3v) is 4.97. The fourth-order valence-corrected chi connectivity index (χ4v) is 4.10. The quantitative estimate of drug-likeness (QED) is 0.770. The molecule has 0 bridgehead atoms. The summed E-state index contributed by atoms with van der Waals surface area (Å²) in [5.41, 5.74) is 0. The molecular weight excluding hydrogens is 196 g/mol. The van der Waals surface area contributed by atoms with Gasteiger partial charge in [0.1, 0.15) is 0 Å². The van der Waals surface area contributed by atoms with Crippen molar-refractivity contribution in [3.8, 4) is 0 Å². The molecule has 0 aromatic carbocycles. The van der Waals surface area contributed by atoms with Crippen LogP contribution in [0.1, 0.15) is 38.5 Å². The minimum absolute atomic E-state index is 0.939. The average molecular weight is 222 g/mol. The van der Waals surface area contributed by atoms with Crippen molar-refractivity contribution in [2.24, 2.45) is 17.8 Å². The van der Waals surface area contributed by atoms with Gasteiger partial charge < -0.3 is 10.2 Å². The maximum atomic E-state index is 3.54. The SMILES string of the molecule is C1CNCC(CN2C[C@H]3CCCC[C@H]3C2)C1. The Morgan fingerprint density at radius 3 is 2.31 bits per heavy atom. The van der Waals surface area contributed by atoms with Crippen LogP contribution in [0.15, 0.2) is 0 Å². The largest absolute Gasteiger partial charge is 0.316 e. The molecule has 1 saturated carbocycles. The number of piperidine rings is 1. The van der Waals surface area contributed by atoms with Crippen molar-refractivity contribution in [1.82, 2.24) is 10.2 Å². The second kappa shape index (κ2) is 5.05. The van der Waals surface area contributed by atoms with Gasteiger partial charge >= 0.3 is 0 Å². The van der Waals surface area contributed by atoms with Crippen molar-refractivity contribution in [2.45, 2.75) is 38.5 Å². The zero-order chi connectivity index (χ0) is 10.8. The van der Waals surface area contributed by atoms with E-state index in [1.54, 1.807) is 0 Å².